The van der Waals surface area contributed by atoms with Crippen LogP contribution >= 0.6 is 23.1 Å². The van der Waals surface area contributed by atoms with Crippen LogP contribution in [0, 0.1) is 0 Å². The van der Waals surface area contributed by atoms with Crippen LogP contribution in [0.3, 0.4) is 0 Å². The molecule has 1 heterocycles. The van der Waals surface area contributed by atoms with Gasteiger partial charge in [-0.2, -0.15) is 11.8 Å². The van der Waals surface area contributed by atoms with Crippen LogP contribution in [0.25, 0.3) is 0 Å². The van der Waals surface area contributed by atoms with E-state index in [9.17, 15) is 4.79 Å². The van der Waals surface area contributed by atoms with Crippen molar-refractivity contribution in [2.45, 2.75) is 19.9 Å². The third-order valence-electron chi connectivity index (χ3n) is 1.70. The van der Waals surface area contributed by atoms with Crippen molar-refractivity contribution >= 4 is 34.1 Å². The smallest absolute Gasteiger partial charge is 0.271 e. The molecule has 1 amide bonds. The molecule has 0 radical (unpaired) electrons. The Morgan fingerprint density at radius 3 is 3.07 bits per heavy atom. The minimum absolute atomic E-state index is 0.146. The summed E-state index contributed by atoms with van der Waals surface area (Å²) in [6.07, 6.45) is 0. The first-order valence-electron chi connectivity index (χ1n) is 4.73. The summed E-state index contributed by atoms with van der Waals surface area (Å²) in [5, 5.41) is 4.97. The first-order chi connectivity index (χ1) is 7.13. The molecule has 1 aromatic rings. The molecule has 3 N–H and O–H groups in total. The zero-order chi connectivity index (χ0) is 11.3. The number of nitrogens with zero attached hydrogens (tertiary/aromatic N) is 1. The van der Waals surface area contributed by atoms with Crippen LogP contribution < -0.4 is 11.1 Å². The molecule has 0 aliphatic heterocycles. The summed E-state index contributed by atoms with van der Waals surface area (Å²) in [5.41, 5.74) is 5.86. The van der Waals surface area contributed by atoms with E-state index in [2.05, 4.69) is 17.2 Å². The molecule has 4 nitrogen and oxygen atoms in total. The zero-order valence-corrected chi connectivity index (χ0v) is 10.5. The summed E-state index contributed by atoms with van der Waals surface area (Å²) in [5.74, 6) is 1.83. The number of nitrogens with two attached hydrogens (primary N) is 1. The zero-order valence-electron chi connectivity index (χ0n) is 8.82. The van der Waals surface area contributed by atoms with Gasteiger partial charge in [0.15, 0.2) is 5.13 Å². The minimum atomic E-state index is -0.146. The molecule has 0 bridgehead atoms. The van der Waals surface area contributed by atoms with Gasteiger partial charge in [0.25, 0.3) is 5.91 Å². The van der Waals surface area contributed by atoms with E-state index in [0.717, 1.165) is 11.5 Å². The molecule has 15 heavy (non-hydrogen) atoms. The molecule has 1 unspecified atom stereocenters. The third-order valence-corrected chi connectivity index (χ3v) is 3.52. The average molecular weight is 245 g/mol. The summed E-state index contributed by atoms with van der Waals surface area (Å²) >= 11 is 3.08. The van der Waals surface area contributed by atoms with Gasteiger partial charge in [-0.1, -0.05) is 6.92 Å². The lowest BCUT2D eigenvalue weighted by Crippen LogP contribution is -2.34. The normalized spacial score (nSPS) is 12.4. The van der Waals surface area contributed by atoms with Crippen molar-refractivity contribution in [2.24, 2.45) is 0 Å². The Balaban J connectivity index is 2.42. The van der Waals surface area contributed by atoms with E-state index in [4.69, 9.17) is 5.73 Å². The lowest BCUT2D eigenvalue weighted by atomic mass is 10.3. The van der Waals surface area contributed by atoms with Gasteiger partial charge in [-0.15, -0.1) is 11.3 Å². The number of nitrogens with one attached hydrogen (secondary N) is 1. The van der Waals surface area contributed by atoms with Crippen LogP contribution in [0.1, 0.15) is 24.3 Å². The van der Waals surface area contributed by atoms with Crippen LogP contribution in [0.15, 0.2) is 5.38 Å². The van der Waals surface area contributed by atoms with Crippen molar-refractivity contribution in [1.29, 1.82) is 0 Å². The second kappa shape index (κ2) is 5.97. The Morgan fingerprint density at radius 1 is 1.80 bits per heavy atom. The topological polar surface area (TPSA) is 68.0 Å². The molecule has 0 fully saturated rings. The van der Waals surface area contributed by atoms with Crippen molar-refractivity contribution in [3.05, 3.63) is 11.1 Å². The molecule has 0 aromatic carbocycles. The maximum absolute atomic E-state index is 11.6. The molecule has 0 aliphatic carbocycles. The van der Waals surface area contributed by atoms with Gasteiger partial charge in [-0.3, -0.25) is 4.79 Å². The second-order valence-electron chi connectivity index (χ2n) is 3.10. The average Bonchev–Trinajstić information content (AvgIpc) is 2.61. The van der Waals surface area contributed by atoms with E-state index in [-0.39, 0.29) is 11.9 Å². The van der Waals surface area contributed by atoms with Crippen molar-refractivity contribution in [3.8, 4) is 0 Å². The summed E-state index contributed by atoms with van der Waals surface area (Å²) in [4.78, 5) is 15.5. The Morgan fingerprint density at radius 2 is 2.53 bits per heavy atom. The van der Waals surface area contributed by atoms with Crippen molar-refractivity contribution < 1.29 is 4.79 Å². The number of carbonyl (C=O) groups excluding carboxylic acids is 1. The van der Waals surface area contributed by atoms with Gasteiger partial charge >= 0.3 is 0 Å². The number of hydrogen-bond acceptors (Lipinski definition) is 5. The summed E-state index contributed by atoms with van der Waals surface area (Å²) < 4.78 is 0. The van der Waals surface area contributed by atoms with E-state index in [1.165, 1.54) is 11.3 Å². The highest BCUT2D eigenvalue weighted by Gasteiger charge is 2.12. The van der Waals surface area contributed by atoms with Crippen molar-refractivity contribution in [2.75, 3.05) is 17.2 Å². The Bertz CT molecular complexity index is 327. The number of anilines is 1. The fraction of sp³-hybridized carbons (Fsp3) is 0.556. The number of nitrogen functional groups attached to an aromatic ring is 1. The fourth-order valence-corrected chi connectivity index (χ4v) is 2.24. The first-order valence-corrected chi connectivity index (χ1v) is 6.76. The van der Waals surface area contributed by atoms with E-state index in [0.29, 0.717) is 10.8 Å². The second-order valence-corrected chi connectivity index (χ2v) is 5.31. The summed E-state index contributed by atoms with van der Waals surface area (Å²) in [7, 11) is 0. The highest BCUT2D eigenvalue weighted by molar-refractivity contribution is 7.99. The van der Waals surface area contributed by atoms with Crippen LogP contribution in [0.4, 0.5) is 5.13 Å². The Kier molecular flexibility index (Phi) is 4.90. The van der Waals surface area contributed by atoms with Gasteiger partial charge in [0.05, 0.1) is 0 Å². The van der Waals surface area contributed by atoms with E-state index >= 15 is 0 Å². The molecule has 0 saturated heterocycles. The highest BCUT2D eigenvalue weighted by Crippen LogP contribution is 2.11. The Labute approximate surface area is 97.7 Å². The number of amides is 1. The summed E-state index contributed by atoms with van der Waals surface area (Å²) in [6.45, 7) is 4.08. The minimum Gasteiger partial charge on any atom is -0.375 e. The van der Waals surface area contributed by atoms with Crippen LogP contribution in [0.2, 0.25) is 0 Å². The predicted octanol–water partition coefficient (Wildman–Crippen LogP) is 1.60. The quantitative estimate of drug-likeness (QED) is 0.826. The number of carbonyl (C=O) groups is 1. The number of rotatable bonds is 5. The number of thiazole rings is 1. The van der Waals surface area contributed by atoms with Crippen LogP contribution in [-0.2, 0) is 0 Å². The molecule has 1 rings (SSSR count). The maximum Gasteiger partial charge on any atom is 0.271 e. The van der Waals surface area contributed by atoms with Gasteiger partial charge in [0.1, 0.15) is 5.69 Å². The maximum atomic E-state index is 11.6. The predicted molar refractivity (Wildman–Crippen MR) is 66.5 cm³/mol. The van der Waals surface area contributed by atoms with Gasteiger partial charge in [0.2, 0.25) is 0 Å². The van der Waals surface area contributed by atoms with E-state index < -0.39 is 0 Å². The van der Waals surface area contributed by atoms with Crippen molar-refractivity contribution in [3.63, 3.8) is 0 Å². The lowest BCUT2D eigenvalue weighted by Gasteiger charge is -2.11. The number of thioether (sulfide) groups is 1. The van der Waals surface area contributed by atoms with Crippen molar-refractivity contribution in [1.82, 2.24) is 10.3 Å². The molecule has 1 aromatic heterocycles. The van der Waals surface area contributed by atoms with E-state index in [1.54, 1.807) is 17.1 Å². The largest absolute Gasteiger partial charge is 0.375 e. The monoisotopic (exact) mass is 245 g/mol. The van der Waals surface area contributed by atoms with E-state index in [1.807, 2.05) is 6.92 Å². The molecular formula is C9H15N3OS2. The molecule has 0 spiro atoms. The molecule has 84 valence electrons. The van der Waals surface area contributed by atoms with Gasteiger partial charge in [-0.25, -0.2) is 4.98 Å². The van der Waals surface area contributed by atoms with Gasteiger partial charge in [0, 0.05) is 17.2 Å². The molecule has 0 aliphatic rings. The third kappa shape index (κ3) is 4.09. The van der Waals surface area contributed by atoms with Crippen LogP contribution in [-0.4, -0.2) is 28.4 Å². The Hall–Kier alpha value is -0.750. The summed E-state index contributed by atoms with van der Waals surface area (Å²) in [6, 6.07) is 0.158. The molecule has 6 heteroatoms. The fourth-order valence-electron chi connectivity index (χ4n) is 1.03. The number of hydrogen-bond donors (Lipinski definition) is 2. The standard InChI is InChI=1S/C9H15N3OS2/c1-3-14-4-6(2)11-8(13)7-5-15-9(10)12-7/h5-6H,3-4H2,1-2H3,(H2,10,12)(H,11,13). The molecular weight excluding hydrogens is 230 g/mol. The number of aromatic nitrogens is 1. The first kappa shape index (κ1) is 12.3. The van der Waals surface area contributed by atoms with Crippen LogP contribution in [0.5, 0.6) is 0 Å². The lowest BCUT2D eigenvalue weighted by molar-refractivity contribution is 0.0939. The SMILES string of the molecule is CCSCC(C)NC(=O)c1csc(N)n1. The highest BCUT2D eigenvalue weighted by atomic mass is 32.2. The van der Waals surface area contributed by atoms with Gasteiger partial charge < -0.3 is 11.1 Å². The van der Waals surface area contributed by atoms with Gasteiger partial charge in [-0.05, 0) is 12.7 Å². The molecule has 1 atom stereocenters. The molecule has 0 saturated carbocycles.